The highest BCUT2D eigenvalue weighted by atomic mass is 16.4. The Labute approximate surface area is 167 Å². The molecule has 0 aliphatic heterocycles. The molecular formula is C16H30N6O7. The third-order valence-corrected chi connectivity index (χ3v) is 3.89. The van der Waals surface area contributed by atoms with Gasteiger partial charge < -0.3 is 43.4 Å². The summed E-state index contributed by atoms with van der Waals surface area (Å²) in [7, 11) is 0. The first-order chi connectivity index (χ1) is 13.5. The Morgan fingerprint density at radius 3 is 2.00 bits per heavy atom. The number of nitrogens with one attached hydrogen (secondary N) is 3. The van der Waals surface area contributed by atoms with Gasteiger partial charge in [-0.25, -0.2) is 4.79 Å². The van der Waals surface area contributed by atoms with Crippen LogP contribution in [0.2, 0.25) is 0 Å². The van der Waals surface area contributed by atoms with Gasteiger partial charge in [-0.1, -0.05) is 6.42 Å². The van der Waals surface area contributed by atoms with Crippen LogP contribution in [0.4, 0.5) is 0 Å². The minimum Gasteiger partial charge on any atom is -0.480 e. The molecule has 13 heteroatoms. The van der Waals surface area contributed by atoms with Gasteiger partial charge in [-0.3, -0.25) is 19.2 Å². The zero-order chi connectivity index (χ0) is 22.6. The fraction of sp³-hybridized carbons (Fsp3) is 0.688. The molecule has 0 bridgehead atoms. The van der Waals surface area contributed by atoms with E-state index in [4.69, 9.17) is 27.4 Å². The predicted octanol–water partition coefficient (Wildman–Crippen LogP) is -4.13. The van der Waals surface area contributed by atoms with E-state index in [0.717, 1.165) is 0 Å². The van der Waals surface area contributed by atoms with Crippen molar-refractivity contribution in [3.05, 3.63) is 0 Å². The summed E-state index contributed by atoms with van der Waals surface area (Å²) in [5.74, 6) is -4.86. The Balaban J connectivity index is 4.91. The van der Waals surface area contributed by atoms with Gasteiger partial charge >= 0.3 is 5.97 Å². The van der Waals surface area contributed by atoms with E-state index in [-0.39, 0.29) is 0 Å². The summed E-state index contributed by atoms with van der Waals surface area (Å²) in [5.41, 5.74) is 16.2. The molecule has 0 aromatic carbocycles. The van der Waals surface area contributed by atoms with Crippen molar-refractivity contribution in [2.45, 2.75) is 56.8 Å². The third-order valence-electron chi connectivity index (χ3n) is 3.89. The smallest absolute Gasteiger partial charge is 0.328 e. The van der Waals surface area contributed by atoms with Gasteiger partial charge in [-0.2, -0.15) is 0 Å². The first-order valence-electron chi connectivity index (χ1n) is 9.02. The van der Waals surface area contributed by atoms with E-state index in [1.807, 2.05) is 5.32 Å². The average molecular weight is 418 g/mol. The molecule has 11 N–H and O–H groups in total. The summed E-state index contributed by atoms with van der Waals surface area (Å²) in [4.78, 5) is 58.5. The maximum Gasteiger partial charge on any atom is 0.328 e. The number of aliphatic hydroxyl groups excluding tert-OH is 1. The van der Waals surface area contributed by atoms with Crippen molar-refractivity contribution in [3.63, 3.8) is 0 Å². The van der Waals surface area contributed by atoms with Crippen molar-refractivity contribution in [2.75, 3.05) is 13.2 Å². The Morgan fingerprint density at radius 2 is 1.52 bits per heavy atom. The molecule has 0 saturated carbocycles. The van der Waals surface area contributed by atoms with Crippen molar-refractivity contribution in [1.82, 2.24) is 16.0 Å². The number of carbonyl (C=O) groups excluding carboxylic acids is 4. The number of hydrogen-bond acceptors (Lipinski definition) is 8. The number of aliphatic carboxylic acids is 1. The summed E-state index contributed by atoms with van der Waals surface area (Å²) in [6.45, 7) is 0.912. The monoisotopic (exact) mass is 418 g/mol. The van der Waals surface area contributed by atoms with Gasteiger partial charge in [0.05, 0.1) is 19.1 Å². The van der Waals surface area contributed by atoms with E-state index in [1.165, 1.54) is 6.92 Å². The SMILES string of the molecule is CC(NC(=O)C(N)CCCCN)C(=O)NC(CC(N)=O)C(=O)NC(CO)C(=O)O. The summed E-state index contributed by atoms with van der Waals surface area (Å²) < 4.78 is 0. The summed E-state index contributed by atoms with van der Waals surface area (Å²) in [6.07, 6.45) is 1.10. The normalized spacial score (nSPS) is 14.8. The van der Waals surface area contributed by atoms with Crippen LogP contribution in [0.1, 0.15) is 32.6 Å². The Kier molecular flexibility index (Phi) is 12.1. The highest BCUT2D eigenvalue weighted by molar-refractivity contribution is 5.95. The Hall–Kier alpha value is -2.77. The number of hydrogen-bond donors (Lipinski definition) is 8. The number of unbranched alkanes of at least 4 members (excludes halogenated alkanes) is 1. The molecule has 13 nitrogen and oxygen atoms in total. The zero-order valence-corrected chi connectivity index (χ0v) is 16.2. The fourth-order valence-corrected chi connectivity index (χ4v) is 2.19. The van der Waals surface area contributed by atoms with Gasteiger partial charge in [0.15, 0.2) is 0 Å². The van der Waals surface area contributed by atoms with Crippen LogP contribution in [-0.2, 0) is 24.0 Å². The lowest BCUT2D eigenvalue weighted by atomic mass is 10.1. The molecule has 0 heterocycles. The van der Waals surface area contributed by atoms with E-state index in [0.29, 0.717) is 25.8 Å². The second-order valence-corrected chi connectivity index (χ2v) is 6.43. The number of rotatable bonds is 14. The predicted molar refractivity (Wildman–Crippen MR) is 101 cm³/mol. The van der Waals surface area contributed by atoms with E-state index in [2.05, 4.69) is 10.6 Å². The second-order valence-electron chi connectivity index (χ2n) is 6.43. The average Bonchev–Trinajstić information content (AvgIpc) is 2.64. The van der Waals surface area contributed by atoms with Crippen molar-refractivity contribution in [2.24, 2.45) is 17.2 Å². The van der Waals surface area contributed by atoms with E-state index in [9.17, 15) is 24.0 Å². The first-order valence-corrected chi connectivity index (χ1v) is 9.02. The quantitative estimate of drug-likeness (QED) is 0.128. The highest BCUT2D eigenvalue weighted by Crippen LogP contribution is 2.00. The summed E-state index contributed by atoms with van der Waals surface area (Å²) >= 11 is 0. The minimum atomic E-state index is -1.63. The van der Waals surface area contributed by atoms with Crippen LogP contribution in [0.5, 0.6) is 0 Å². The van der Waals surface area contributed by atoms with Crippen LogP contribution in [0.25, 0.3) is 0 Å². The van der Waals surface area contributed by atoms with Gasteiger partial charge in [0.2, 0.25) is 23.6 Å². The summed E-state index contributed by atoms with van der Waals surface area (Å²) in [5, 5.41) is 24.4. The van der Waals surface area contributed by atoms with Crippen molar-refractivity contribution in [1.29, 1.82) is 0 Å². The highest BCUT2D eigenvalue weighted by Gasteiger charge is 2.29. The molecule has 166 valence electrons. The lowest BCUT2D eigenvalue weighted by Gasteiger charge is -2.22. The number of primary amides is 1. The number of carbonyl (C=O) groups is 5. The molecule has 0 aromatic heterocycles. The molecule has 0 aliphatic carbocycles. The van der Waals surface area contributed by atoms with E-state index < -0.39 is 66.8 Å². The maximum absolute atomic E-state index is 12.3. The number of amides is 4. The first kappa shape index (κ1) is 26.2. The van der Waals surface area contributed by atoms with Gasteiger partial charge in [-0.05, 0) is 26.3 Å². The van der Waals surface area contributed by atoms with Crippen LogP contribution >= 0.6 is 0 Å². The van der Waals surface area contributed by atoms with Crippen molar-refractivity contribution >= 4 is 29.6 Å². The number of aliphatic hydroxyl groups is 1. The maximum atomic E-state index is 12.3. The molecule has 0 aliphatic rings. The van der Waals surface area contributed by atoms with Crippen LogP contribution in [0.15, 0.2) is 0 Å². The molecule has 4 amide bonds. The standard InChI is InChI=1S/C16H30N6O7/c1-8(20-14(26)9(18)4-2-3-5-17)13(25)21-10(6-12(19)24)15(27)22-11(7-23)16(28)29/h8-11,23H,2-7,17-18H2,1H3,(H2,19,24)(H,20,26)(H,21,25)(H,22,27)(H,28,29). The van der Waals surface area contributed by atoms with Crippen LogP contribution in [0.3, 0.4) is 0 Å². The van der Waals surface area contributed by atoms with E-state index in [1.54, 1.807) is 0 Å². The topological polar surface area (TPSA) is 240 Å². The van der Waals surface area contributed by atoms with Crippen LogP contribution < -0.4 is 33.2 Å². The van der Waals surface area contributed by atoms with Gasteiger partial charge in [-0.15, -0.1) is 0 Å². The van der Waals surface area contributed by atoms with E-state index >= 15 is 0 Å². The number of carboxylic acids is 1. The molecule has 0 aromatic rings. The number of carboxylic acid groups (broad SMARTS) is 1. The molecule has 0 saturated heterocycles. The molecule has 4 atom stereocenters. The van der Waals surface area contributed by atoms with Gasteiger partial charge in [0, 0.05) is 0 Å². The molecule has 0 spiro atoms. The molecule has 4 unspecified atom stereocenters. The van der Waals surface area contributed by atoms with Gasteiger partial charge in [0.1, 0.15) is 18.1 Å². The van der Waals surface area contributed by atoms with Crippen LogP contribution in [0, 0.1) is 0 Å². The largest absolute Gasteiger partial charge is 0.480 e. The Bertz CT molecular complexity index is 600. The third kappa shape index (κ3) is 10.4. The minimum absolute atomic E-state index is 0.377. The molecular weight excluding hydrogens is 388 g/mol. The van der Waals surface area contributed by atoms with Crippen molar-refractivity contribution in [3.8, 4) is 0 Å². The fourth-order valence-electron chi connectivity index (χ4n) is 2.19. The number of nitrogens with two attached hydrogens (primary N) is 3. The molecule has 0 fully saturated rings. The van der Waals surface area contributed by atoms with Crippen LogP contribution in [-0.4, -0.2) is 77.1 Å². The molecule has 0 radical (unpaired) electrons. The lowest BCUT2D eigenvalue weighted by molar-refractivity contribution is -0.143. The van der Waals surface area contributed by atoms with Crippen molar-refractivity contribution < 1.29 is 34.2 Å². The molecule has 29 heavy (non-hydrogen) atoms. The van der Waals surface area contributed by atoms with Gasteiger partial charge in [0.25, 0.3) is 0 Å². The Morgan fingerprint density at radius 1 is 0.931 bits per heavy atom. The zero-order valence-electron chi connectivity index (χ0n) is 16.2. The lowest BCUT2D eigenvalue weighted by Crippen LogP contribution is -2.57. The summed E-state index contributed by atoms with van der Waals surface area (Å²) in [6, 6.07) is -5.06. The molecule has 0 rings (SSSR count). The second kappa shape index (κ2) is 13.4.